The Kier molecular flexibility index (Phi) is 7.16. The fourth-order valence-electron chi connectivity index (χ4n) is 2.90. The number of aryl methyl sites for hydroxylation is 3. The number of carbonyl (C=O) groups is 2. The van der Waals surface area contributed by atoms with Gasteiger partial charge in [0, 0.05) is 12.2 Å². The highest BCUT2D eigenvalue weighted by Gasteiger charge is 2.16. The van der Waals surface area contributed by atoms with Crippen LogP contribution in [-0.2, 0) is 22.6 Å². The molecular formula is C19H23N7O2S2. The van der Waals surface area contributed by atoms with E-state index in [1.807, 2.05) is 44.4 Å². The monoisotopic (exact) mass is 445 g/mol. The van der Waals surface area contributed by atoms with E-state index < -0.39 is 0 Å². The van der Waals surface area contributed by atoms with Crippen molar-refractivity contribution in [2.75, 3.05) is 16.4 Å². The molecule has 0 aliphatic heterocycles. The molecule has 2 amide bonds. The van der Waals surface area contributed by atoms with Crippen LogP contribution in [0.4, 0.5) is 10.8 Å². The van der Waals surface area contributed by atoms with Gasteiger partial charge in [-0.2, -0.15) is 0 Å². The van der Waals surface area contributed by atoms with Gasteiger partial charge >= 0.3 is 0 Å². The third kappa shape index (κ3) is 5.86. The van der Waals surface area contributed by atoms with Crippen molar-refractivity contribution in [2.45, 2.75) is 45.8 Å². The van der Waals surface area contributed by atoms with Gasteiger partial charge in [-0.1, -0.05) is 29.2 Å². The highest BCUT2D eigenvalue weighted by Crippen LogP contribution is 2.20. The Morgan fingerprint density at radius 3 is 2.37 bits per heavy atom. The summed E-state index contributed by atoms with van der Waals surface area (Å²) >= 11 is 2.58. The van der Waals surface area contributed by atoms with Crippen LogP contribution in [0.3, 0.4) is 0 Å². The van der Waals surface area contributed by atoms with Crippen LogP contribution in [0.25, 0.3) is 0 Å². The van der Waals surface area contributed by atoms with E-state index in [9.17, 15) is 9.59 Å². The van der Waals surface area contributed by atoms with E-state index >= 15 is 0 Å². The maximum atomic E-state index is 12.5. The van der Waals surface area contributed by atoms with E-state index in [4.69, 9.17) is 0 Å². The first-order chi connectivity index (χ1) is 14.3. The molecule has 0 radical (unpaired) electrons. The summed E-state index contributed by atoms with van der Waals surface area (Å²) in [6, 6.07) is 5.90. The first-order valence-electron chi connectivity index (χ1n) is 9.37. The van der Waals surface area contributed by atoms with Gasteiger partial charge in [-0.05, 0) is 51.0 Å². The highest BCUT2D eigenvalue weighted by molar-refractivity contribution is 7.99. The number of amides is 2. The van der Waals surface area contributed by atoms with E-state index in [0.29, 0.717) is 22.7 Å². The van der Waals surface area contributed by atoms with E-state index in [1.54, 1.807) is 0 Å². The number of benzene rings is 1. The van der Waals surface area contributed by atoms with Crippen LogP contribution in [-0.4, -0.2) is 42.5 Å². The van der Waals surface area contributed by atoms with Gasteiger partial charge in [-0.15, -0.1) is 20.4 Å². The summed E-state index contributed by atoms with van der Waals surface area (Å²) in [6.45, 7) is 8.34. The smallest absolute Gasteiger partial charge is 0.236 e. The summed E-state index contributed by atoms with van der Waals surface area (Å²) in [5.41, 5.74) is 2.93. The Bertz CT molecular complexity index is 1040. The van der Waals surface area contributed by atoms with Gasteiger partial charge in [-0.25, -0.2) is 0 Å². The predicted molar refractivity (Wildman–Crippen MR) is 118 cm³/mol. The SMILES string of the molecule is CCn1c(CC(=O)Nc2cc(C)cc(C)c2)nnc1SCC(=O)Nc1nnc(C)s1. The summed E-state index contributed by atoms with van der Waals surface area (Å²) in [5, 5.41) is 23.5. The molecule has 2 aromatic heterocycles. The second-order valence-corrected chi connectivity index (χ2v) is 8.83. The molecule has 3 rings (SSSR count). The van der Waals surface area contributed by atoms with Gasteiger partial charge in [0.25, 0.3) is 0 Å². The largest absolute Gasteiger partial charge is 0.326 e. The average molecular weight is 446 g/mol. The standard InChI is InChI=1S/C19H23N7O2S2/c1-5-26-15(9-16(27)20-14-7-11(2)6-12(3)8-14)23-25-19(26)29-10-17(28)21-18-24-22-13(4)30-18/h6-8H,5,9-10H2,1-4H3,(H,20,27)(H,21,24,28). The molecule has 0 saturated heterocycles. The van der Waals surface area contributed by atoms with E-state index in [0.717, 1.165) is 21.8 Å². The molecule has 0 unspecified atom stereocenters. The van der Waals surface area contributed by atoms with E-state index in [1.165, 1.54) is 23.1 Å². The van der Waals surface area contributed by atoms with E-state index in [-0.39, 0.29) is 24.0 Å². The Morgan fingerprint density at radius 2 is 1.73 bits per heavy atom. The molecule has 30 heavy (non-hydrogen) atoms. The average Bonchev–Trinajstić information content (AvgIpc) is 3.24. The van der Waals surface area contributed by atoms with Gasteiger partial charge in [0.05, 0.1) is 12.2 Å². The van der Waals surface area contributed by atoms with Gasteiger partial charge in [0.15, 0.2) is 5.16 Å². The van der Waals surface area contributed by atoms with Crippen molar-refractivity contribution in [1.82, 2.24) is 25.0 Å². The third-order valence-corrected chi connectivity index (χ3v) is 5.76. The molecule has 3 aromatic rings. The van der Waals surface area contributed by atoms with Crippen LogP contribution < -0.4 is 10.6 Å². The molecular weight excluding hydrogens is 422 g/mol. The maximum Gasteiger partial charge on any atom is 0.236 e. The van der Waals surface area contributed by atoms with Crippen molar-refractivity contribution >= 4 is 45.7 Å². The number of nitrogens with one attached hydrogen (secondary N) is 2. The zero-order chi connectivity index (χ0) is 21.7. The number of nitrogens with zero attached hydrogens (tertiary/aromatic N) is 5. The van der Waals surface area contributed by atoms with Crippen molar-refractivity contribution in [3.63, 3.8) is 0 Å². The van der Waals surface area contributed by atoms with Gasteiger partial charge < -0.3 is 9.88 Å². The number of aromatic nitrogens is 5. The van der Waals surface area contributed by atoms with Crippen molar-refractivity contribution in [2.24, 2.45) is 0 Å². The number of anilines is 2. The Hall–Kier alpha value is -2.79. The van der Waals surface area contributed by atoms with Crippen LogP contribution in [0.15, 0.2) is 23.4 Å². The molecule has 0 aliphatic rings. The summed E-state index contributed by atoms with van der Waals surface area (Å²) in [4.78, 5) is 24.6. The van der Waals surface area contributed by atoms with Crippen molar-refractivity contribution in [3.8, 4) is 0 Å². The molecule has 0 fully saturated rings. The normalized spacial score (nSPS) is 10.8. The Morgan fingerprint density at radius 1 is 1.00 bits per heavy atom. The van der Waals surface area contributed by atoms with Crippen LogP contribution in [0, 0.1) is 20.8 Å². The summed E-state index contributed by atoms with van der Waals surface area (Å²) in [7, 11) is 0. The number of hydrogen-bond donors (Lipinski definition) is 2. The maximum absolute atomic E-state index is 12.5. The lowest BCUT2D eigenvalue weighted by molar-refractivity contribution is -0.116. The first-order valence-corrected chi connectivity index (χ1v) is 11.2. The lowest BCUT2D eigenvalue weighted by atomic mass is 10.1. The van der Waals surface area contributed by atoms with Gasteiger partial charge in [0.1, 0.15) is 10.8 Å². The predicted octanol–water partition coefficient (Wildman–Crippen LogP) is 2.99. The quantitative estimate of drug-likeness (QED) is 0.512. The summed E-state index contributed by atoms with van der Waals surface area (Å²) < 4.78 is 1.84. The molecule has 0 bridgehead atoms. The van der Waals surface area contributed by atoms with Crippen molar-refractivity contribution in [1.29, 1.82) is 0 Å². The molecule has 9 nitrogen and oxygen atoms in total. The lowest BCUT2D eigenvalue weighted by Crippen LogP contribution is -2.18. The molecule has 2 heterocycles. The van der Waals surface area contributed by atoms with Crippen LogP contribution >= 0.6 is 23.1 Å². The molecule has 158 valence electrons. The van der Waals surface area contributed by atoms with Crippen LogP contribution in [0.5, 0.6) is 0 Å². The number of hydrogen-bond acceptors (Lipinski definition) is 8. The highest BCUT2D eigenvalue weighted by atomic mass is 32.2. The number of carbonyl (C=O) groups excluding carboxylic acids is 2. The van der Waals surface area contributed by atoms with E-state index in [2.05, 4.69) is 37.1 Å². The first kappa shape index (κ1) is 21.9. The molecule has 2 N–H and O–H groups in total. The van der Waals surface area contributed by atoms with Crippen LogP contribution in [0.1, 0.15) is 28.9 Å². The second kappa shape index (κ2) is 9.81. The zero-order valence-corrected chi connectivity index (χ0v) is 18.9. The second-order valence-electron chi connectivity index (χ2n) is 6.71. The molecule has 1 aromatic carbocycles. The zero-order valence-electron chi connectivity index (χ0n) is 17.2. The topological polar surface area (TPSA) is 115 Å². The molecule has 0 atom stereocenters. The molecule has 11 heteroatoms. The van der Waals surface area contributed by atoms with Gasteiger partial charge in [0.2, 0.25) is 16.9 Å². The third-order valence-electron chi connectivity index (χ3n) is 4.04. The molecule has 0 aliphatic carbocycles. The minimum atomic E-state index is -0.198. The van der Waals surface area contributed by atoms with Crippen molar-refractivity contribution in [3.05, 3.63) is 40.2 Å². The minimum Gasteiger partial charge on any atom is -0.326 e. The van der Waals surface area contributed by atoms with Crippen LogP contribution in [0.2, 0.25) is 0 Å². The molecule has 0 spiro atoms. The number of thioether (sulfide) groups is 1. The lowest BCUT2D eigenvalue weighted by Gasteiger charge is -2.09. The fraction of sp³-hybridized carbons (Fsp3) is 0.368. The number of rotatable bonds is 8. The summed E-state index contributed by atoms with van der Waals surface area (Å²) in [5.74, 6) is 0.354. The minimum absolute atomic E-state index is 0.102. The Balaban J connectivity index is 1.59. The summed E-state index contributed by atoms with van der Waals surface area (Å²) in [6.07, 6.45) is 0.102. The van der Waals surface area contributed by atoms with Crippen molar-refractivity contribution < 1.29 is 9.59 Å². The fourth-order valence-corrected chi connectivity index (χ4v) is 4.33. The molecule has 0 saturated carbocycles. The van der Waals surface area contributed by atoms with Gasteiger partial charge in [-0.3, -0.25) is 14.9 Å². The Labute approximate surface area is 182 Å².